The molecule has 0 aromatic heterocycles. The molecule has 0 atom stereocenters. The lowest BCUT2D eigenvalue weighted by atomic mass is 10.2. The molecule has 0 unspecified atom stereocenters. The van der Waals surface area contributed by atoms with Crippen molar-refractivity contribution in [3.05, 3.63) is 58.1 Å². The van der Waals surface area contributed by atoms with E-state index >= 15 is 0 Å². The molecular weight excluding hydrogens is 318 g/mol. The largest absolute Gasteiger partial charge is 0.508 e. The number of nitrogens with one attached hydrogen (secondary N) is 1. The van der Waals surface area contributed by atoms with Gasteiger partial charge in [0.1, 0.15) is 17.2 Å². The topological polar surface area (TPSA) is 134 Å². The number of amides is 1. The molecule has 0 saturated carbocycles. The molecule has 0 aliphatic carbocycles. The van der Waals surface area contributed by atoms with Crippen LogP contribution in [0, 0.1) is 10.1 Å². The summed E-state index contributed by atoms with van der Waals surface area (Å²) in [5, 5.41) is 32.8. The molecule has 0 radical (unpaired) electrons. The molecule has 9 nitrogen and oxygen atoms in total. The molecule has 2 aromatic carbocycles. The number of hydrazone groups is 1. The first kappa shape index (κ1) is 16.7. The summed E-state index contributed by atoms with van der Waals surface area (Å²) in [7, 11) is 0. The van der Waals surface area contributed by atoms with E-state index in [1.54, 1.807) is 0 Å². The zero-order chi connectivity index (χ0) is 17.5. The summed E-state index contributed by atoms with van der Waals surface area (Å²) in [6, 6.07) is 9.21. The maximum absolute atomic E-state index is 11.6. The Kier molecular flexibility index (Phi) is 5.29. The van der Waals surface area contributed by atoms with E-state index in [4.69, 9.17) is 9.84 Å². The molecule has 0 fully saturated rings. The minimum Gasteiger partial charge on any atom is -0.508 e. The molecule has 24 heavy (non-hydrogen) atoms. The van der Waals surface area contributed by atoms with Gasteiger partial charge in [0.15, 0.2) is 6.61 Å². The lowest BCUT2D eigenvalue weighted by Gasteiger charge is -2.04. The van der Waals surface area contributed by atoms with E-state index in [1.807, 2.05) is 0 Å². The van der Waals surface area contributed by atoms with Crippen LogP contribution in [0.1, 0.15) is 5.56 Å². The van der Waals surface area contributed by atoms with Crippen LogP contribution in [0.4, 0.5) is 5.69 Å². The van der Waals surface area contributed by atoms with Crippen molar-refractivity contribution in [3.63, 3.8) is 0 Å². The summed E-state index contributed by atoms with van der Waals surface area (Å²) in [6.07, 6.45) is 1.21. The molecular formula is C15H13N3O6. The number of non-ortho nitro benzene ring substituents is 1. The van der Waals surface area contributed by atoms with Crippen molar-refractivity contribution in [1.29, 1.82) is 0 Å². The molecule has 3 N–H and O–H groups in total. The number of phenols is 2. The minimum atomic E-state index is -0.553. The number of nitro benzene ring substituents is 1. The predicted molar refractivity (Wildman–Crippen MR) is 84.1 cm³/mol. The second-order valence-corrected chi connectivity index (χ2v) is 4.58. The fourth-order valence-corrected chi connectivity index (χ4v) is 1.66. The van der Waals surface area contributed by atoms with Gasteiger partial charge < -0.3 is 14.9 Å². The van der Waals surface area contributed by atoms with Crippen molar-refractivity contribution in [2.45, 2.75) is 0 Å². The van der Waals surface area contributed by atoms with Crippen LogP contribution in [-0.2, 0) is 4.79 Å². The average Bonchev–Trinajstić information content (AvgIpc) is 2.55. The molecule has 0 aliphatic heterocycles. The molecule has 1 amide bonds. The standard InChI is InChI=1S/C15H13N3O6/c19-12-4-1-10(14(20)7-12)8-16-17-15(21)9-24-13-5-2-11(3-6-13)18(22)23/h1-8,19-20H,9H2,(H,17,21). The zero-order valence-corrected chi connectivity index (χ0v) is 12.2. The van der Waals surface area contributed by atoms with Gasteiger partial charge in [0.25, 0.3) is 11.6 Å². The highest BCUT2D eigenvalue weighted by Crippen LogP contribution is 2.20. The van der Waals surface area contributed by atoms with Crippen LogP contribution in [-0.4, -0.2) is 33.9 Å². The SMILES string of the molecule is O=C(COc1ccc([N+](=O)[O-])cc1)NN=Cc1ccc(O)cc1O. The van der Waals surface area contributed by atoms with Crippen LogP contribution in [0.3, 0.4) is 0 Å². The van der Waals surface area contributed by atoms with Crippen molar-refractivity contribution in [2.75, 3.05) is 6.61 Å². The van der Waals surface area contributed by atoms with Gasteiger partial charge in [-0.3, -0.25) is 14.9 Å². The van der Waals surface area contributed by atoms with Crippen LogP contribution >= 0.6 is 0 Å². The van der Waals surface area contributed by atoms with Gasteiger partial charge in [-0.1, -0.05) is 0 Å². The number of nitro groups is 1. The fraction of sp³-hybridized carbons (Fsp3) is 0.0667. The van der Waals surface area contributed by atoms with Crippen molar-refractivity contribution in [1.82, 2.24) is 5.43 Å². The number of benzene rings is 2. The van der Waals surface area contributed by atoms with Crippen LogP contribution < -0.4 is 10.2 Å². The third-order valence-electron chi connectivity index (χ3n) is 2.82. The Morgan fingerprint density at radius 2 is 1.96 bits per heavy atom. The molecule has 9 heteroatoms. The highest BCUT2D eigenvalue weighted by atomic mass is 16.6. The molecule has 0 bridgehead atoms. The molecule has 0 spiro atoms. The third kappa shape index (κ3) is 4.70. The monoisotopic (exact) mass is 331 g/mol. The van der Waals surface area contributed by atoms with Gasteiger partial charge in [-0.05, 0) is 24.3 Å². The van der Waals surface area contributed by atoms with E-state index in [0.29, 0.717) is 11.3 Å². The molecule has 0 heterocycles. The second kappa shape index (κ2) is 7.58. The van der Waals surface area contributed by atoms with E-state index in [2.05, 4.69) is 10.5 Å². The van der Waals surface area contributed by atoms with Gasteiger partial charge in [-0.15, -0.1) is 0 Å². The van der Waals surface area contributed by atoms with Crippen molar-refractivity contribution < 1.29 is 24.7 Å². The first-order chi connectivity index (χ1) is 11.5. The van der Waals surface area contributed by atoms with Gasteiger partial charge in [0, 0.05) is 23.8 Å². The quantitative estimate of drug-likeness (QED) is 0.417. The molecule has 2 aromatic rings. The molecule has 2 rings (SSSR count). The third-order valence-corrected chi connectivity index (χ3v) is 2.82. The normalized spacial score (nSPS) is 10.5. The number of aromatic hydroxyl groups is 2. The van der Waals surface area contributed by atoms with Crippen LogP contribution in [0.25, 0.3) is 0 Å². The molecule has 124 valence electrons. The van der Waals surface area contributed by atoms with E-state index in [-0.39, 0.29) is 23.8 Å². The minimum absolute atomic E-state index is 0.0786. The lowest BCUT2D eigenvalue weighted by molar-refractivity contribution is -0.384. The van der Waals surface area contributed by atoms with E-state index < -0.39 is 10.8 Å². The Balaban J connectivity index is 1.82. The Morgan fingerprint density at radius 3 is 2.58 bits per heavy atom. The summed E-state index contributed by atoms with van der Waals surface area (Å²) in [5.74, 6) is -0.529. The predicted octanol–water partition coefficient (Wildman–Crippen LogP) is 1.54. The van der Waals surface area contributed by atoms with Crippen molar-refractivity contribution in [3.8, 4) is 17.2 Å². The van der Waals surface area contributed by atoms with Gasteiger partial charge in [-0.2, -0.15) is 5.10 Å². The van der Waals surface area contributed by atoms with E-state index in [0.717, 1.165) is 6.07 Å². The van der Waals surface area contributed by atoms with Crippen LogP contribution in [0.2, 0.25) is 0 Å². The second-order valence-electron chi connectivity index (χ2n) is 4.58. The lowest BCUT2D eigenvalue weighted by Crippen LogP contribution is -2.24. The summed E-state index contributed by atoms with van der Waals surface area (Å²) in [5.41, 5.74) is 2.43. The summed E-state index contributed by atoms with van der Waals surface area (Å²) < 4.78 is 5.15. The average molecular weight is 331 g/mol. The van der Waals surface area contributed by atoms with E-state index in [1.165, 1.54) is 42.6 Å². The van der Waals surface area contributed by atoms with Gasteiger partial charge in [0.05, 0.1) is 11.1 Å². The first-order valence-electron chi connectivity index (χ1n) is 6.67. The van der Waals surface area contributed by atoms with Gasteiger partial charge >= 0.3 is 0 Å². The summed E-state index contributed by atoms with van der Waals surface area (Å²) >= 11 is 0. The van der Waals surface area contributed by atoms with E-state index in [9.17, 15) is 20.0 Å². The number of nitrogens with zero attached hydrogens (tertiary/aromatic N) is 2. The smallest absolute Gasteiger partial charge is 0.277 e. The Labute approximate surface area is 136 Å². The number of rotatable bonds is 6. The van der Waals surface area contributed by atoms with Gasteiger partial charge in [-0.25, -0.2) is 5.43 Å². The number of carbonyl (C=O) groups excluding carboxylic acids is 1. The number of phenolic OH excluding ortho intramolecular Hbond substituents is 2. The zero-order valence-electron chi connectivity index (χ0n) is 12.2. The Hall–Kier alpha value is -3.62. The highest BCUT2D eigenvalue weighted by Gasteiger charge is 2.06. The number of carbonyl (C=O) groups is 1. The highest BCUT2D eigenvalue weighted by molar-refractivity contribution is 5.85. The maximum atomic E-state index is 11.6. The first-order valence-corrected chi connectivity index (χ1v) is 6.67. The summed E-state index contributed by atoms with van der Waals surface area (Å²) in [4.78, 5) is 21.5. The maximum Gasteiger partial charge on any atom is 0.277 e. The Morgan fingerprint density at radius 1 is 1.25 bits per heavy atom. The van der Waals surface area contributed by atoms with Crippen LogP contribution in [0.5, 0.6) is 17.2 Å². The Bertz CT molecular complexity index is 773. The number of ether oxygens (including phenoxy) is 1. The van der Waals surface area contributed by atoms with Crippen molar-refractivity contribution >= 4 is 17.8 Å². The number of hydrogen-bond donors (Lipinski definition) is 3. The van der Waals surface area contributed by atoms with Gasteiger partial charge in [0.2, 0.25) is 0 Å². The molecule has 0 saturated heterocycles. The molecule has 0 aliphatic rings. The summed E-state index contributed by atoms with van der Waals surface area (Å²) in [6.45, 7) is -0.337. The van der Waals surface area contributed by atoms with Crippen LogP contribution in [0.15, 0.2) is 47.6 Å². The van der Waals surface area contributed by atoms with Crippen molar-refractivity contribution in [2.24, 2.45) is 5.10 Å². The fourth-order valence-electron chi connectivity index (χ4n) is 1.66. The number of hydrogen-bond acceptors (Lipinski definition) is 7.